The first-order valence-electron chi connectivity index (χ1n) is 6.14. The van der Waals surface area contributed by atoms with Gasteiger partial charge in [-0.25, -0.2) is 4.98 Å². The summed E-state index contributed by atoms with van der Waals surface area (Å²) in [7, 11) is 1.54. The van der Waals surface area contributed by atoms with Crippen molar-refractivity contribution in [1.82, 2.24) is 9.88 Å². The predicted octanol–water partition coefficient (Wildman–Crippen LogP) is 1.44. The number of carbonyl (C=O) groups is 2. The summed E-state index contributed by atoms with van der Waals surface area (Å²) in [4.78, 5) is 28.4. The van der Waals surface area contributed by atoms with Crippen LogP contribution in [0.15, 0.2) is 31.0 Å². The zero-order chi connectivity index (χ0) is 15.1. The molecule has 0 saturated carbocycles. The lowest BCUT2D eigenvalue weighted by molar-refractivity contribution is -0.141. The monoisotopic (exact) mass is 278 g/mol. The van der Waals surface area contributed by atoms with Gasteiger partial charge in [0, 0.05) is 19.8 Å². The molecule has 1 amide bonds. The first-order chi connectivity index (χ1) is 9.47. The van der Waals surface area contributed by atoms with E-state index >= 15 is 0 Å². The van der Waals surface area contributed by atoms with Crippen molar-refractivity contribution in [2.24, 2.45) is 5.92 Å². The topological polar surface area (TPSA) is 79.7 Å². The summed E-state index contributed by atoms with van der Waals surface area (Å²) in [5.74, 6) is -1.62. The van der Waals surface area contributed by atoms with Crippen LogP contribution in [-0.4, -0.2) is 47.1 Å². The average Bonchev–Trinajstić information content (AvgIpc) is 2.44. The number of pyridine rings is 1. The zero-order valence-corrected chi connectivity index (χ0v) is 11.6. The van der Waals surface area contributed by atoms with Crippen molar-refractivity contribution in [2.45, 2.75) is 6.92 Å². The number of rotatable bonds is 7. The van der Waals surface area contributed by atoms with Gasteiger partial charge >= 0.3 is 5.97 Å². The van der Waals surface area contributed by atoms with Gasteiger partial charge in [-0.1, -0.05) is 19.6 Å². The summed E-state index contributed by atoms with van der Waals surface area (Å²) in [5.41, 5.74) is 0.162. The second-order valence-corrected chi connectivity index (χ2v) is 4.37. The van der Waals surface area contributed by atoms with Crippen LogP contribution < -0.4 is 4.74 Å². The number of ether oxygens (including phenoxy) is 1. The molecule has 0 aromatic carbocycles. The molecule has 0 aliphatic rings. The highest BCUT2D eigenvalue weighted by Gasteiger charge is 2.22. The van der Waals surface area contributed by atoms with E-state index in [1.807, 2.05) is 0 Å². The fourth-order valence-corrected chi connectivity index (χ4v) is 1.57. The molecule has 1 heterocycles. The fourth-order valence-electron chi connectivity index (χ4n) is 1.57. The lowest BCUT2D eigenvalue weighted by atomic mass is 10.1. The summed E-state index contributed by atoms with van der Waals surface area (Å²) < 4.78 is 5.37. The molecule has 1 atom stereocenters. The molecule has 1 rings (SSSR count). The van der Waals surface area contributed by atoms with Crippen molar-refractivity contribution in [3.8, 4) is 5.75 Å². The van der Waals surface area contributed by atoms with Crippen molar-refractivity contribution in [3.05, 3.63) is 36.7 Å². The van der Waals surface area contributed by atoms with Crippen molar-refractivity contribution < 1.29 is 19.4 Å². The number of aromatic nitrogens is 1. The van der Waals surface area contributed by atoms with Gasteiger partial charge in [-0.2, -0.15) is 0 Å². The van der Waals surface area contributed by atoms with Gasteiger partial charge in [0.2, 0.25) is 0 Å². The SMILES string of the molecule is C=CCOc1cccnc1C(=O)N(C)CC(C)C(=O)O. The Morgan fingerprint density at radius 1 is 1.60 bits per heavy atom. The number of amides is 1. The molecule has 1 unspecified atom stereocenters. The Hall–Kier alpha value is -2.37. The number of nitrogens with zero attached hydrogens (tertiary/aromatic N) is 2. The van der Waals surface area contributed by atoms with Crippen molar-refractivity contribution in [2.75, 3.05) is 20.2 Å². The highest BCUT2D eigenvalue weighted by atomic mass is 16.5. The molecule has 0 spiro atoms. The zero-order valence-electron chi connectivity index (χ0n) is 11.6. The fraction of sp³-hybridized carbons (Fsp3) is 0.357. The van der Waals surface area contributed by atoms with Gasteiger partial charge in [0.05, 0.1) is 5.92 Å². The minimum atomic E-state index is -0.950. The second-order valence-electron chi connectivity index (χ2n) is 4.37. The van der Waals surface area contributed by atoms with E-state index in [1.165, 1.54) is 18.1 Å². The van der Waals surface area contributed by atoms with Crippen LogP contribution in [-0.2, 0) is 4.79 Å². The van der Waals surface area contributed by atoms with Crippen LogP contribution in [0.5, 0.6) is 5.75 Å². The van der Waals surface area contributed by atoms with E-state index in [9.17, 15) is 9.59 Å². The van der Waals surface area contributed by atoms with E-state index < -0.39 is 11.9 Å². The Balaban J connectivity index is 2.85. The minimum absolute atomic E-state index is 0.103. The first-order valence-corrected chi connectivity index (χ1v) is 6.14. The lowest BCUT2D eigenvalue weighted by Gasteiger charge is -2.20. The largest absolute Gasteiger partial charge is 0.487 e. The molecular formula is C14H18N2O4. The third-order valence-electron chi connectivity index (χ3n) is 2.65. The Bertz CT molecular complexity index is 502. The van der Waals surface area contributed by atoms with Crippen LogP contribution in [0, 0.1) is 5.92 Å². The van der Waals surface area contributed by atoms with E-state index in [2.05, 4.69) is 11.6 Å². The Kier molecular flexibility index (Phi) is 5.71. The first kappa shape index (κ1) is 15.7. The number of carboxylic acids is 1. The van der Waals surface area contributed by atoms with Gasteiger partial charge < -0.3 is 14.7 Å². The van der Waals surface area contributed by atoms with Crippen molar-refractivity contribution >= 4 is 11.9 Å². The van der Waals surface area contributed by atoms with Gasteiger partial charge in [0.1, 0.15) is 6.61 Å². The number of aliphatic carboxylic acids is 1. The number of carboxylic acid groups (broad SMARTS) is 1. The average molecular weight is 278 g/mol. The molecule has 20 heavy (non-hydrogen) atoms. The molecule has 6 heteroatoms. The Labute approximate surface area is 117 Å². The maximum absolute atomic E-state index is 12.3. The van der Waals surface area contributed by atoms with Crippen molar-refractivity contribution in [1.29, 1.82) is 0 Å². The molecule has 1 N–H and O–H groups in total. The molecular weight excluding hydrogens is 260 g/mol. The van der Waals surface area contributed by atoms with Crippen LogP contribution in [0.4, 0.5) is 0 Å². The lowest BCUT2D eigenvalue weighted by Crippen LogP contribution is -2.34. The predicted molar refractivity (Wildman–Crippen MR) is 73.7 cm³/mol. The molecule has 0 saturated heterocycles. The molecule has 0 radical (unpaired) electrons. The molecule has 0 aliphatic carbocycles. The number of carbonyl (C=O) groups excluding carboxylic acids is 1. The highest BCUT2D eigenvalue weighted by molar-refractivity contribution is 5.95. The van der Waals surface area contributed by atoms with E-state index in [0.717, 1.165) is 0 Å². The van der Waals surface area contributed by atoms with Crippen molar-refractivity contribution in [3.63, 3.8) is 0 Å². The summed E-state index contributed by atoms with van der Waals surface area (Å²) in [6, 6.07) is 3.30. The molecule has 1 aromatic heterocycles. The molecule has 0 bridgehead atoms. The minimum Gasteiger partial charge on any atom is -0.487 e. The van der Waals surface area contributed by atoms with Crippen LogP contribution in [0.3, 0.4) is 0 Å². The smallest absolute Gasteiger partial charge is 0.308 e. The van der Waals surface area contributed by atoms with Crippen LogP contribution >= 0.6 is 0 Å². The van der Waals surface area contributed by atoms with Gasteiger partial charge in [-0.3, -0.25) is 9.59 Å². The molecule has 6 nitrogen and oxygen atoms in total. The maximum atomic E-state index is 12.3. The van der Waals surface area contributed by atoms with Gasteiger partial charge in [0.15, 0.2) is 11.4 Å². The molecule has 0 fully saturated rings. The van der Waals surface area contributed by atoms with Gasteiger partial charge in [0.25, 0.3) is 5.91 Å². The van der Waals surface area contributed by atoms with E-state index in [-0.39, 0.29) is 24.8 Å². The Morgan fingerprint density at radius 3 is 2.90 bits per heavy atom. The third-order valence-corrected chi connectivity index (χ3v) is 2.65. The quantitative estimate of drug-likeness (QED) is 0.763. The summed E-state index contributed by atoms with van der Waals surface area (Å²) in [6.07, 6.45) is 3.06. The number of hydrogen-bond acceptors (Lipinski definition) is 4. The van der Waals surface area contributed by atoms with Gasteiger partial charge in [-0.15, -0.1) is 0 Å². The van der Waals surface area contributed by atoms with Crippen LogP contribution in [0.25, 0.3) is 0 Å². The standard InChI is InChI=1S/C14H18N2O4/c1-4-8-20-11-6-5-7-15-12(11)13(17)16(3)9-10(2)14(18)19/h4-7,10H,1,8-9H2,2-3H3,(H,18,19). The summed E-state index contributed by atoms with van der Waals surface area (Å²) in [5, 5.41) is 8.86. The summed E-state index contributed by atoms with van der Waals surface area (Å²) in [6.45, 7) is 5.45. The Morgan fingerprint density at radius 2 is 2.30 bits per heavy atom. The van der Waals surface area contributed by atoms with E-state index in [1.54, 1.807) is 25.1 Å². The van der Waals surface area contributed by atoms with E-state index in [4.69, 9.17) is 9.84 Å². The second kappa shape index (κ2) is 7.28. The number of hydrogen-bond donors (Lipinski definition) is 1. The molecule has 0 aliphatic heterocycles. The third kappa shape index (κ3) is 4.08. The molecule has 1 aromatic rings. The van der Waals surface area contributed by atoms with Gasteiger partial charge in [-0.05, 0) is 12.1 Å². The maximum Gasteiger partial charge on any atom is 0.308 e. The highest BCUT2D eigenvalue weighted by Crippen LogP contribution is 2.17. The van der Waals surface area contributed by atoms with Crippen LogP contribution in [0.1, 0.15) is 17.4 Å². The normalized spacial score (nSPS) is 11.5. The van der Waals surface area contributed by atoms with E-state index in [0.29, 0.717) is 5.75 Å². The molecule has 108 valence electrons. The van der Waals surface area contributed by atoms with Crippen LogP contribution in [0.2, 0.25) is 0 Å². The summed E-state index contributed by atoms with van der Waals surface area (Å²) >= 11 is 0.